The number of carbonyl (C=O) groups is 4. The first-order valence-corrected chi connectivity index (χ1v) is 12.2. The maximum absolute atomic E-state index is 14.0. The Labute approximate surface area is 207 Å². The molecule has 1 N–H and O–H groups in total. The zero-order valence-electron chi connectivity index (χ0n) is 19.9. The summed E-state index contributed by atoms with van der Waals surface area (Å²) >= 11 is 0. The number of rotatable bonds is 5. The van der Waals surface area contributed by atoms with Crippen LogP contribution in [0.2, 0.25) is 0 Å². The minimum atomic E-state index is -1.06. The van der Waals surface area contributed by atoms with Crippen LogP contribution in [0.1, 0.15) is 42.4 Å². The first-order valence-electron chi connectivity index (χ1n) is 12.2. The minimum absolute atomic E-state index is 0.0320. The van der Waals surface area contributed by atoms with Crippen molar-refractivity contribution in [2.24, 2.45) is 17.8 Å². The highest BCUT2D eigenvalue weighted by molar-refractivity contribution is 6.01. The van der Waals surface area contributed by atoms with Crippen molar-refractivity contribution in [2.45, 2.75) is 44.1 Å². The average molecular weight is 491 g/mol. The van der Waals surface area contributed by atoms with Gasteiger partial charge in [0.05, 0.1) is 48.5 Å². The van der Waals surface area contributed by atoms with Crippen LogP contribution in [0.25, 0.3) is 0 Å². The van der Waals surface area contributed by atoms with Crippen molar-refractivity contribution < 1.29 is 33.1 Å². The summed E-state index contributed by atoms with van der Waals surface area (Å²) in [6.07, 6.45) is 4.78. The fourth-order valence-electron chi connectivity index (χ4n) is 6.43. The highest BCUT2D eigenvalue weighted by atomic mass is 16.5. The van der Waals surface area contributed by atoms with Gasteiger partial charge in [0.2, 0.25) is 11.8 Å². The predicted molar refractivity (Wildman–Crippen MR) is 126 cm³/mol. The molecule has 0 unspecified atom stereocenters. The molecule has 186 valence electrons. The molecule has 5 heterocycles. The summed E-state index contributed by atoms with van der Waals surface area (Å²) in [5, 5.41) is 2.86. The van der Waals surface area contributed by atoms with E-state index >= 15 is 0 Å². The first kappa shape index (κ1) is 22.7. The van der Waals surface area contributed by atoms with Gasteiger partial charge in [0, 0.05) is 18.0 Å². The van der Waals surface area contributed by atoms with Gasteiger partial charge in [0.1, 0.15) is 17.1 Å². The summed E-state index contributed by atoms with van der Waals surface area (Å²) in [6, 6.07) is 8.91. The zero-order valence-corrected chi connectivity index (χ0v) is 19.9. The molecule has 1 aromatic carbocycles. The fraction of sp³-hybridized carbons (Fsp3) is 0.407. The molecule has 4 aliphatic heterocycles. The number of amides is 2. The summed E-state index contributed by atoms with van der Waals surface area (Å²) in [6.45, 7) is 3.78. The molecule has 2 amide bonds. The lowest BCUT2D eigenvalue weighted by molar-refractivity contribution is -0.147. The van der Waals surface area contributed by atoms with Gasteiger partial charge in [-0.1, -0.05) is 25.1 Å². The molecule has 9 heteroatoms. The lowest BCUT2D eigenvalue weighted by Gasteiger charge is -2.43. The summed E-state index contributed by atoms with van der Waals surface area (Å²) < 4.78 is 17.0. The van der Waals surface area contributed by atoms with E-state index in [0.717, 1.165) is 0 Å². The van der Waals surface area contributed by atoms with Gasteiger partial charge >= 0.3 is 5.97 Å². The molecule has 3 saturated heterocycles. The standard InChI is InChI=1S/C27H26N2O7/c1-3-34-26(33)15-6-4-7-16(12-15)28-24(31)21-20-9-10-27(36-20)22(21)25(32)29-17(19-8-5-11-35-19)13-18(30)14(2)23(27)29/h4-12,14,17,20-23H,3,13H2,1-2H3,(H,28,31)/t14-,17+,20-,21+,22+,23+,27-/m0/s1. The zero-order chi connectivity index (χ0) is 25.2. The first-order chi connectivity index (χ1) is 17.4. The number of nitrogens with zero attached hydrogens (tertiary/aromatic N) is 1. The van der Waals surface area contributed by atoms with Crippen LogP contribution in [0.3, 0.4) is 0 Å². The lowest BCUT2D eigenvalue weighted by Crippen LogP contribution is -2.55. The third-order valence-electron chi connectivity index (χ3n) is 7.90. The summed E-state index contributed by atoms with van der Waals surface area (Å²) in [7, 11) is 0. The molecule has 6 rings (SSSR count). The number of fused-ring (bicyclic) bond motifs is 2. The molecule has 4 aliphatic rings. The number of hydrogen-bond acceptors (Lipinski definition) is 7. The van der Waals surface area contributed by atoms with Crippen LogP contribution < -0.4 is 5.32 Å². The molecule has 3 fully saturated rings. The molecule has 0 aliphatic carbocycles. The normalized spacial score (nSPS) is 34.0. The van der Waals surface area contributed by atoms with Crippen LogP contribution in [0.15, 0.2) is 59.2 Å². The number of benzene rings is 1. The minimum Gasteiger partial charge on any atom is -0.467 e. The number of piperidine rings is 1. The van der Waals surface area contributed by atoms with Crippen molar-refractivity contribution in [2.75, 3.05) is 11.9 Å². The number of carbonyl (C=O) groups excluding carboxylic acids is 4. The highest BCUT2D eigenvalue weighted by Crippen LogP contribution is 2.60. The van der Waals surface area contributed by atoms with Crippen molar-refractivity contribution >= 4 is 29.3 Å². The van der Waals surface area contributed by atoms with Gasteiger partial charge in [-0.3, -0.25) is 14.4 Å². The molecule has 0 radical (unpaired) electrons. The summed E-state index contributed by atoms with van der Waals surface area (Å²) in [5.74, 6) is -2.49. The Balaban J connectivity index is 1.32. The Bertz CT molecular complexity index is 1280. The van der Waals surface area contributed by atoms with E-state index in [4.69, 9.17) is 13.9 Å². The average Bonchev–Trinajstić information content (AvgIpc) is 3.64. The Morgan fingerprint density at radius 2 is 2.06 bits per heavy atom. The smallest absolute Gasteiger partial charge is 0.338 e. The topological polar surface area (TPSA) is 115 Å². The predicted octanol–water partition coefficient (Wildman–Crippen LogP) is 2.90. The van der Waals surface area contributed by atoms with Gasteiger partial charge in [0.25, 0.3) is 0 Å². The van der Waals surface area contributed by atoms with Crippen molar-refractivity contribution in [1.29, 1.82) is 0 Å². The number of nitrogens with one attached hydrogen (secondary N) is 1. The SMILES string of the molecule is CCOC(=O)c1cccc(NC(=O)[C@@H]2[C@@H]3C=C[C@]4(O3)[C@H]2C(=O)N2[C@@H](c3ccco3)CC(=O)[C@H](C)[C@@H]24)c1. The molecule has 36 heavy (non-hydrogen) atoms. The molecule has 2 aromatic rings. The van der Waals surface area contributed by atoms with Crippen LogP contribution in [0.5, 0.6) is 0 Å². The summed E-state index contributed by atoms with van der Waals surface area (Å²) in [5.41, 5.74) is -0.318. The van der Waals surface area contributed by atoms with Crippen molar-refractivity contribution in [1.82, 2.24) is 4.90 Å². The van der Waals surface area contributed by atoms with Crippen LogP contribution >= 0.6 is 0 Å². The van der Waals surface area contributed by atoms with E-state index in [2.05, 4.69) is 5.32 Å². The molecule has 1 spiro atoms. The van der Waals surface area contributed by atoms with Crippen molar-refractivity contribution in [3.63, 3.8) is 0 Å². The number of anilines is 1. The molecular weight excluding hydrogens is 464 g/mol. The number of hydrogen-bond donors (Lipinski definition) is 1. The van der Waals surface area contributed by atoms with Crippen LogP contribution in [0, 0.1) is 17.8 Å². The van der Waals surface area contributed by atoms with E-state index in [0.29, 0.717) is 17.0 Å². The van der Waals surface area contributed by atoms with Crippen LogP contribution in [-0.4, -0.2) is 52.8 Å². The van der Waals surface area contributed by atoms with E-state index in [-0.39, 0.29) is 30.6 Å². The maximum atomic E-state index is 14.0. The van der Waals surface area contributed by atoms with E-state index < -0.39 is 47.5 Å². The fourth-order valence-corrected chi connectivity index (χ4v) is 6.43. The maximum Gasteiger partial charge on any atom is 0.338 e. The number of Topliss-reactive ketones (excluding diaryl/α,β-unsaturated/α-hetero) is 1. The van der Waals surface area contributed by atoms with Gasteiger partial charge in [-0.25, -0.2) is 4.79 Å². The second kappa shape index (κ2) is 8.16. The Morgan fingerprint density at radius 3 is 2.81 bits per heavy atom. The summed E-state index contributed by atoms with van der Waals surface area (Å²) in [4.78, 5) is 54.4. The second-order valence-electron chi connectivity index (χ2n) is 9.77. The molecule has 2 bridgehead atoms. The van der Waals surface area contributed by atoms with E-state index in [1.807, 2.05) is 19.1 Å². The molecular formula is C27H26N2O7. The second-order valence-corrected chi connectivity index (χ2v) is 9.77. The monoisotopic (exact) mass is 490 g/mol. The molecule has 1 aromatic heterocycles. The van der Waals surface area contributed by atoms with Gasteiger partial charge in [-0.05, 0) is 37.3 Å². The van der Waals surface area contributed by atoms with Gasteiger partial charge in [0.15, 0.2) is 0 Å². The third-order valence-corrected chi connectivity index (χ3v) is 7.90. The quantitative estimate of drug-likeness (QED) is 0.506. The molecule has 9 nitrogen and oxygen atoms in total. The lowest BCUT2D eigenvalue weighted by atomic mass is 9.70. The van der Waals surface area contributed by atoms with Crippen molar-refractivity contribution in [3.05, 3.63) is 66.1 Å². The van der Waals surface area contributed by atoms with E-state index in [9.17, 15) is 19.2 Å². The number of esters is 1. The Morgan fingerprint density at radius 1 is 1.22 bits per heavy atom. The van der Waals surface area contributed by atoms with Gasteiger partial charge < -0.3 is 24.1 Å². The van der Waals surface area contributed by atoms with Crippen LogP contribution in [0.4, 0.5) is 5.69 Å². The highest BCUT2D eigenvalue weighted by Gasteiger charge is 2.74. The Hall–Kier alpha value is -3.72. The number of ether oxygens (including phenoxy) is 2. The number of ketones is 1. The van der Waals surface area contributed by atoms with Gasteiger partial charge in [-0.2, -0.15) is 0 Å². The largest absolute Gasteiger partial charge is 0.467 e. The Kier molecular flexibility index (Phi) is 5.15. The van der Waals surface area contributed by atoms with E-state index in [1.165, 1.54) is 6.26 Å². The molecule has 7 atom stereocenters. The molecule has 0 saturated carbocycles. The van der Waals surface area contributed by atoms with E-state index in [1.54, 1.807) is 48.2 Å². The van der Waals surface area contributed by atoms with Crippen molar-refractivity contribution in [3.8, 4) is 0 Å². The third kappa shape index (κ3) is 3.12. The van der Waals surface area contributed by atoms with Crippen LogP contribution in [-0.2, 0) is 23.9 Å². The number of furan rings is 1. The van der Waals surface area contributed by atoms with Gasteiger partial charge in [-0.15, -0.1) is 0 Å².